The van der Waals surface area contributed by atoms with Gasteiger partial charge in [-0.15, -0.1) is 11.6 Å². The molecule has 0 heterocycles. The lowest BCUT2D eigenvalue weighted by Gasteiger charge is -2.26. The molecule has 1 aliphatic rings. The van der Waals surface area contributed by atoms with E-state index in [-0.39, 0.29) is 0 Å². The summed E-state index contributed by atoms with van der Waals surface area (Å²) < 4.78 is 0. The third-order valence-corrected chi connectivity index (χ3v) is 6.53. The number of hydrogen-bond donors (Lipinski definition) is 0. The van der Waals surface area contributed by atoms with Gasteiger partial charge in [-0.05, 0) is 69.2 Å². The zero-order valence-corrected chi connectivity index (χ0v) is 17.7. The predicted molar refractivity (Wildman–Crippen MR) is 118 cm³/mol. The Bertz CT molecular complexity index is 664. The van der Waals surface area contributed by atoms with Gasteiger partial charge < -0.3 is 4.90 Å². The summed E-state index contributed by atoms with van der Waals surface area (Å²) in [6.45, 7) is 6.92. The Morgan fingerprint density at radius 2 is 1.59 bits per heavy atom. The maximum absolute atomic E-state index is 6.47. The second-order valence-corrected chi connectivity index (χ2v) is 8.82. The largest absolute Gasteiger partial charge is 0.301 e. The van der Waals surface area contributed by atoms with Crippen LogP contribution in [0.3, 0.4) is 0 Å². The van der Waals surface area contributed by atoms with Crippen molar-refractivity contribution in [3.05, 3.63) is 71.3 Å². The fourth-order valence-corrected chi connectivity index (χ4v) is 4.68. The fourth-order valence-electron chi connectivity index (χ4n) is 4.25. The van der Waals surface area contributed by atoms with E-state index in [0.717, 1.165) is 19.4 Å². The molecule has 3 rings (SSSR count). The normalized spacial score (nSPS) is 19.9. The summed E-state index contributed by atoms with van der Waals surface area (Å²) in [5.74, 6) is 0.565. The molecule has 2 heteroatoms. The van der Waals surface area contributed by atoms with Crippen LogP contribution in [0.15, 0.2) is 54.6 Å². The van der Waals surface area contributed by atoms with E-state index in [4.69, 9.17) is 11.6 Å². The molecule has 1 nitrogen and oxygen atoms in total. The van der Waals surface area contributed by atoms with Gasteiger partial charge in [0, 0.05) is 23.9 Å². The lowest BCUT2D eigenvalue weighted by Crippen LogP contribution is -2.34. The number of halogens is 1. The van der Waals surface area contributed by atoms with Gasteiger partial charge in [-0.25, -0.2) is 0 Å². The third-order valence-electron chi connectivity index (χ3n) is 6.01. The molecule has 2 aromatic rings. The van der Waals surface area contributed by atoms with Crippen LogP contribution in [0.4, 0.5) is 0 Å². The maximum atomic E-state index is 6.47. The van der Waals surface area contributed by atoms with Crippen LogP contribution in [0.25, 0.3) is 0 Å². The molecule has 0 aromatic heterocycles. The molecule has 27 heavy (non-hydrogen) atoms. The lowest BCUT2D eigenvalue weighted by molar-refractivity contribution is 0.222. The number of rotatable bonds is 9. The molecular formula is C25H34ClN. The van der Waals surface area contributed by atoms with Gasteiger partial charge in [0.1, 0.15) is 0 Å². The van der Waals surface area contributed by atoms with E-state index in [0.29, 0.717) is 17.3 Å². The number of aryl methyl sites for hydroxylation is 1. The van der Waals surface area contributed by atoms with E-state index >= 15 is 0 Å². The summed E-state index contributed by atoms with van der Waals surface area (Å²) in [6.07, 6.45) is 7.20. The molecule has 1 fully saturated rings. The first-order valence-electron chi connectivity index (χ1n) is 10.6. The summed E-state index contributed by atoms with van der Waals surface area (Å²) in [4.78, 5) is 2.61. The van der Waals surface area contributed by atoms with Gasteiger partial charge in [0.25, 0.3) is 0 Å². The first kappa shape index (κ1) is 20.4. The highest BCUT2D eigenvalue weighted by Crippen LogP contribution is 2.38. The number of nitrogens with zero attached hydrogens (tertiary/aromatic N) is 1. The highest BCUT2D eigenvalue weighted by Gasteiger charge is 2.26. The van der Waals surface area contributed by atoms with E-state index in [1.807, 2.05) is 0 Å². The molecule has 1 saturated carbocycles. The Morgan fingerprint density at radius 1 is 0.889 bits per heavy atom. The minimum Gasteiger partial charge on any atom is -0.301 e. The van der Waals surface area contributed by atoms with E-state index < -0.39 is 0 Å². The molecule has 0 aliphatic heterocycles. The van der Waals surface area contributed by atoms with Gasteiger partial charge in [-0.2, -0.15) is 0 Å². The molecule has 2 unspecified atom stereocenters. The van der Waals surface area contributed by atoms with Crippen LogP contribution in [0.1, 0.15) is 62.1 Å². The lowest BCUT2D eigenvalue weighted by atomic mass is 9.95. The summed E-state index contributed by atoms with van der Waals surface area (Å²) in [6, 6.07) is 20.7. The molecule has 0 amide bonds. The quantitative estimate of drug-likeness (QED) is 0.450. The average Bonchev–Trinajstić information content (AvgIpc) is 3.11. The molecular weight excluding hydrogens is 350 g/mol. The minimum absolute atomic E-state index is 0.333. The highest BCUT2D eigenvalue weighted by molar-refractivity contribution is 6.21. The van der Waals surface area contributed by atoms with Crippen molar-refractivity contribution < 1.29 is 0 Å². The van der Waals surface area contributed by atoms with Crippen molar-refractivity contribution in [3.63, 3.8) is 0 Å². The SMILES string of the molecule is CC(C)N(CCCc1ccc(C2CCCC2Cl)cc1)CCc1ccccc1. The summed E-state index contributed by atoms with van der Waals surface area (Å²) >= 11 is 6.47. The fraction of sp³-hybridized carbons (Fsp3) is 0.520. The Kier molecular flexibility index (Phi) is 7.79. The van der Waals surface area contributed by atoms with Gasteiger partial charge in [0.05, 0.1) is 0 Å². The van der Waals surface area contributed by atoms with Crippen LogP contribution in [0.2, 0.25) is 0 Å². The second kappa shape index (κ2) is 10.3. The van der Waals surface area contributed by atoms with Crippen LogP contribution < -0.4 is 0 Å². The van der Waals surface area contributed by atoms with E-state index in [1.165, 1.54) is 48.9 Å². The molecule has 0 N–H and O–H groups in total. The van der Waals surface area contributed by atoms with Crippen molar-refractivity contribution in [2.75, 3.05) is 13.1 Å². The Morgan fingerprint density at radius 3 is 2.22 bits per heavy atom. The standard InChI is InChI=1S/C25H34ClN/c1-20(2)27(19-17-21-8-4-3-5-9-21)18-7-10-22-13-15-23(16-14-22)24-11-6-12-25(24)26/h3-5,8-9,13-16,20,24-25H,6-7,10-12,17-19H2,1-2H3. The summed E-state index contributed by atoms with van der Waals surface area (Å²) in [5, 5.41) is 0.333. The monoisotopic (exact) mass is 383 g/mol. The molecule has 1 aliphatic carbocycles. The van der Waals surface area contributed by atoms with Gasteiger partial charge in [-0.3, -0.25) is 0 Å². The molecule has 0 radical (unpaired) electrons. The zero-order chi connectivity index (χ0) is 19.1. The topological polar surface area (TPSA) is 3.24 Å². The summed E-state index contributed by atoms with van der Waals surface area (Å²) in [5.41, 5.74) is 4.32. The molecule has 0 saturated heterocycles. The second-order valence-electron chi connectivity index (χ2n) is 8.26. The smallest absolute Gasteiger partial charge is 0.0404 e. The van der Waals surface area contributed by atoms with Crippen LogP contribution in [0, 0.1) is 0 Å². The van der Waals surface area contributed by atoms with Crippen LogP contribution >= 0.6 is 11.6 Å². The van der Waals surface area contributed by atoms with Crippen molar-refractivity contribution in [1.82, 2.24) is 4.90 Å². The van der Waals surface area contributed by atoms with Gasteiger partial charge in [0.2, 0.25) is 0 Å². The first-order chi connectivity index (χ1) is 13.1. The number of hydrogen-bond acceptors (Lipinski definition) is 1. The van der Waals surface area contributed by atoms with Crippen molar-refractivity contribution in [1.29, 1.82) is 0 Å². The summed E-state index contributed by atoms with van der Waals surface area (Å²) in [7, 11) is 0. The Labute approximate surface area is 170 Å². The maximum Gasteiger partial charge on any atom is 0.0404 e. The number of alkyl halides is 1. The molecule has 0 bridgehead atoms. The third kappa shape index (κ3) is 6.09. The minimum atomic E-state index is 0.333. The van der Waals surface area contributed by atoms with Crippen LogP contribution in [-0.2, 0) is 12.8 Å². The zero-order valence-electron chi connectivity index (χ0n) is 16.9. The van der Waals surface area contributed by atoms with Crippen LogP contribution in [-0.4, -0.2) is 29.4 Å². The van der Waals surface area contributed by atoms with Gasteiger partial charge in [-0.1, -0.05) is 61.0 Å². The molecule has 2 atom stereocenters. The van der Waals surface area contributed by atoms with Gasteiger partial charge >= 0.3 is 0 Å². The average molecular weight is 384 g/mol. The van der Waals surface area contributed by atoms with Crippen molar-refractivity contribution in [2.24, 2.45) is 0 Å². The Balaban J connectivity index is 1.45. The van der Waals surface area contributed by atoms with Crippen molar-refractivity contribution in [3.8, 4) is 0 Å². The van der Waals surface area contributed by atoms with Crippen LogP contribution in [0.5, 0.6) is 0 Å². The molecule has 0 spiro atoms. The van der Waals surface area contributed by atoms with E-state index in [1.54, 1.807) is 0 Å². The number of benzene rings is 2. The first-order valence-corrected chi connectivity index (χ1v) is 11.1. The molecule has 2 aromatic carbocycles. The van der Waals surface area contributed by atoms with Crippen molar-refractivity contribution in [2.45, 2.75) is 69.7 Å². The molecule has 146 valence electrons. The van der Waals surface area contributed by atoms with E-state index in [2.05, 4.69) is 73.3 Å². The van der Waals surface area contributed by atoms with Crippen molar-refractivity contribution >= 4 is 11.6 Å². The highest BCUT2D eigenvalue weighted by atomic mass is 35.5. The Hall–Kier alpha value is -1.31. The van der Waals surface area contributed by atoms with E-state index in [9.17, 15) is 0 Å². The van der Waals surface area contributed by atoms with Gasteiger partial charge in [0.15, 0.2) is 0 Å². The predicted octanol–water partition coefficient (Wildman–Crippen LogP) is 6.45.